The van der Waals surface area contributed by atoms with Gasteiger partial charge < -0.3 is 15.6 Å². The molecule has 28 heavy (non-hydrogen) atoms. The number of nitrogens with one attached hydrogen (secondary N) is 1. The molecular weight excluding hydrogens is 374 g/mol. The highest BCUT2D eigenvalue weighted by Crippen LogP contribution is 2.24. The fourth-order valence-electron chi connectivity index (χ4n) is 2.72. The van der Waals surface area contributed by atoms with Crippen LogP contribution in [0.3, 0.4) is 0 Å². The number of carbonyl (C=O) groups excluding carboxylic acids is 2. The standard InChI is InChI=1S/C20H21N5O2S/c1-3-25-19(14-10-8-13(2)9-11-14)23-24-20(25)28-12-17(26)22-16-7-5-4-6-15(16)18(21)27/h4-11H,3,12H2,1-2H3,(H2,21,27)(H,22,26). The smallest absolute Gasteiger partial charge is 0.250 e. The van der Waals surface area contributed by atoms with E-state index >= 15 is 0 Å². The highest BCUT2D eigenvalue weighted by molar-refractivity contribution is 7.99. The van der Waals surface area contributed by atoms with Crippen molar-refractivity contribution in [2.24, 2.45) is 5.73 Å². The van der Waals surface area contributed by atoms with E-state index in [1.165, 1.54) is 17.3 Å². The molecule has 1 heterocycles. The maximum absolute atomic E-state index is 12.3. The summed E-state index contributed by atoms with van der Waals surface area (Å²) in [5.74, 6) is 0.0711. The van der Waals surface area contributed by atoms with Crippen molar-refractivity contribution in [3.63, 3.8) is 0 Å². The van der Waals surface area contributed by atoms with Crippen LogP contribution in [0.25, 0.3) is 11.4 Å². The van der Waals surface area contributed by atoms with Crippen molar-refractivity contribution in [3.8, 4) is 11.4 Å². The lowest BCUT2D eigenvalue weighted by Gasteiger charge is -2.09. The maximum atomic E-state index is 12.3. The Morgan fingerprint density at radius 1 is 1.11 bits per heavy atom. The van der Waals surface area contributed by atoms with Gasteiger partial charge in [-0.05, 0) is 26.0 Å². The predicted molar refractivity (Wildman–Crippen MR) is 110 cm³/mol. The number of rotatable bonds is 7. The second-order valence-electron chi connectivity index (χ2n) is 6.16. The predicted octanol–water partition coefficient (Wildman–Crippen LogP) is 3.10. The number of nitrogens with two attached hydrogens (primary N) is 1. The molecule has 0 bridgehead atoms. The van der Waals surface area contributed by atoms with Crippen LogP contribution < -0.4 is 11.1 Å². The molecule has 0 saturated carbocycles. The molecule has 0 aliphatic carbocycles. The average Bonchev–Trinajstić information content (AvgIpc) is 3.10. The molecule has 0 fully saturated rings. The van der Waals surface area contributed by atoms with E-state index < -0.39 is 5.91 Å². The number of hydrogen-bond donors (Lipinski definition) is 2. The van der Waals surface area contributed by atoms with E-state index in [0.29, 0.717) is 17.4 Å². The summed E-state index contributed by atoms with van der Waals surface area (Å²) >= 11 is 1.29. The van der Waals surface area contributed by atoms with Gasteiger partial charge in [0.05, 0.1) is 17.0 Å². The molecule has 1 aromatic heterocycles. The second kappa shape index (κ2) is 8.71. The van der Waals surface area contributed by atoms with Crippen molar-refractivity contribution in [2.75, 3.05) is 11.1 Å². The van der Waals surface area contributed by atoms with Crippen LogP contribution in [0, 0.1) is 6.92 Å². The van der Waals surface area contributed by atoms with Crippen LogP contribution in [-0.2, 0) is 11.3 Å². The molecule has 0 saturated heterocycles. The van der Waals surface area contributed by atoms with Gasteiger partial charge in [0.1, 0.15) is 0 Å². The molecule has 3 N–H and O–H groups in total. The van der Waals surface area contributed by atoms with Crippen LogP contribution in [0.5, 0.6) is 0 Å². The van der Waals surface area contributed by atoms with Gasteiger partial charge in [0.25, 0.3) is 5.91 Å². The number of carbonyl (C=O) groups is 2. The Hall–Kier alpha value is -3.13. The molecule has 3 rings (SSSR count). The third-order valence-electron chi connectivity index (χ3n) is 4.14. The molecule has 0 unspecified atom stereocenters. The number of hydrogen-bond acceptors (Lipinski definition) is 5. The van der Waals surface area contributed by atoms with Crippen molar-refractivity contribution in [1.82, 2.24) is 14.8 Å². The van der Waals surface area contributed by atoms with E-state index in [1.807, 2.05) is 42.7 Å². The van der Waals surface area contributed by atoms with Crippen molar-refractivity contribution < 1.29 is 9.59 Å². The number of para-hydroxylation sites is 1. The maximum Gasteiger partial charge on any atom is 0.250 e. The normalized spacial score (nSPS) is 10.6. The van der Waals surface area contributed by atoms with Crippen molar-refractivity contribution in [1.29, 1.82) is 0 Å². The van der Waals surface area contributed by atoms with Crippen LogP contribution in [0.15, 0.2) is 53.7 Å². The Morgan fingerprint density at radius 3 is 2.50 bits per heavy atom. The van der Waals surface area contributed by atoms with Gasteiger partial charge in [-0.1, -0.05) is 53.7 Å². The van der Waals surface area contributed by atoms with Crippen LogP contribution in [0.1, 0.15) is 22.8 Å². The number of nitrogens with zero attached hydrogens (tertiary/aromatic N) is 3. The number of benzene rings is 2. The molecule has 0 atom stereocenters. The number of primary amides is 1. The summed E-state index contributed by atoms with van der Waals surface area (Å²) < 4.78 is 1.97. The van der Waals surface area contributed by atoms with Crippen molar-refractivity contribution >= 4 is 29.3 Å². The van der Waals surface area contributed by atoms with E-state index in [0.717, 1.165) is 11.4 Å². The van der Waals surface area contributed by atoms with Gasteiger partial charge in [0, 0.05) is 12.1 Å². The zero-order chi connectivity index (χ0) is 20.1. The Balaban J connectivity index is 1.70. The third-order valence-corrected chi connectivity index (χ3v) is 5.11. The zero-order valence-electron chi connectivity index (χ0n) is 15.7. The fraction of sp³-hybridized carbons (Fsp3) is 0.200. The van der Waals surface area contributed by atoms with Gasteiger partial charge >= 0.3 is 0 Å². The fourth-order valence-corrected chi connectivity index (χ4v) is 3.52. The minimum atomic E-state index is -0.586. The minimum Gasteiger partial charge on any atom is -0.366 e. The Bertz CT molecular complexity index is 998. The lowest BCUT2D eigenvalue weighted by molar-refractivity contribution is -0.113. The third kappa shape index (κ3) is 4.40. The monoisotopic (exact) mass is 395 g/mol. The van der Waals surface area contributed by atoms with Gasteiger partial charge in [0.2, 0.25) is 5.91 Å². The summed E-state index contributed by atoms with van der Waals surface area (Å²) in [7, 11) is 0. The first-order chi connectivity index (χ1) is 13.5. The van der Waals surface area contributed by atoms with Gasteiger partial charge in [0.15, 0.2) is 11.0 Å². The van der Waals surface area contributed by atoms with E-state index in [2.05, 4.69) is 15.5 Å². The molecule has 2 aromatic carbocycles. The van der Waals surface area contributed by atoms with Gasteiger partial charge in [-0.25, -0.2) is 0 Å². The quantitative estimate of drug-likeness (QED) is 0.599. The number of aromatic nitrogens is 3. The Kier molecular flexibility index (Phi) is 6.10. The largest absolute Gasteiger partial charge is 0.366 e. The molecule has 3 aromatic rings. The van der Waals surface area contributed by atoms with Crippen LogP contribution in [0.2, 0.25) is 0 Å². The highest BCUT2D eigenvalue weighted by Gasteiger charge is 2.15. The van der Waals surface area contributed by atoms with E-state index in [1.54, 1.807) is 24.3 Å². The summed E-state index contributed by atoms with van der Waals surface area (Å²) in [4.78, 5) is 23.8. The summed E-state index contributed by atoms with van der Waals surface area (Å²) in [6.07, 6.45) is 0. The first-order valence-corrected chi connectivity index (χ1v) is 9.80. The highest BCUT2D eigenvalue weighted by atomic mass is 32.2. The SMILES string of the molecule is CCn1c(SCC(=O)Nc2ccccc2C(N)=O)nnc1-c1ccc(C)cc1. The molecule has 0 spiro atoms. The molecular formula is C20H21N5O2S. The molecule has 144 valence electrons. The topological polar surface area (TPSA) is 103 Å². The van der Waals surface area contributed by atoms with E-state index in [-0.39, 0.29) is 17.2 Å². The molecule has 7 nitrogen and oxygen atoms in total. The van der Waals surface area contributed by atoms with Crippen molar-refractivity contribution in [2.45, 2.75) is 25.5 Å². The summed E-state index contributed by atoms with van der Waals surface area (Å²) in [6.45, 7) is 4.73. The number of aryl methyl sites for hydroxylation is 1. The lowest BCUT2D eigenvalue weighted by atomic mass is 10.1. The number of thioether (sulfide) groups is 1. The molecule has 2 amide bonds. The lowest BCUT2D eigenvalue weighted by Crippen LogP contribution is -2.19. The van der Waals surface area contributed by atoms with Crippen LogP contribution in [0.4, 0.5) is 5.69 Å². The number of anilines is 1. The molecule has 0 radical (unpaired) electrons. The number of amides is 2. The zero-order valence-corrected chi connectivity index (χ0v) is 16.5. The first-order valence-electron chi connectivity index (χ1n) is 8.81. The second-order valence-corrected chi connectivity index (χ2v) is 7.11. The van der Waals surface area contributed by atoms with Crippen molar-refractivity contribution in [3.05, 3.63) is 59.7 Å². The minimum absolute atomic E-state index is 0.138. The first kappa shape index (κ1) is 19.6. The van der Waals surface area contributed by atoms with E-state index in [9.17, 15) is 9.59 Å². The van der Waals surface area contributed by atoms with Crippen LogP contribution >= 0.6 is 11.8 Å². The Morgan fingerprint density at radius 2 is 1.82 bits per heavy atom. The van der Waals surface area contributed by atoms with Gasteiger partial charge in [-0.15, -0.1) is 10.2 Å². The summed E-state index contributed by atoms with van der Waals surface area (Å²) in [5.41, 5.74) is 8.17. The average molecular weight is 395 g/mol. The molecule has 8 heteroatoms. The van der Waals surface area contributed by atoms with Gasteiger partial charge in [-0.2, -0.15) is 0 Å². The van der Waals surface area contributed by atoms with Crippen LogP contribution in [-0.4, -0.2) is 32.3 Å². The van der Waals surface area contributed by atoms with E-state index in [4.69, 9.17) is 5.73 Å². The molecule has 0 aliphatic rings. The summed E-state index contributed by atoms with van der Waals surface area (Å²) in [5, 5.41) is 11.9. The Labute approximate surface area is 167 Å². The van der Waals surface area contributed by atoms with Gasteiger partial charge in [-0.3, -0.25) is 9.59 Å². The molecule has 0 aliphatic heterocycles. The summed E-state index contributed by atoms with van der Waals surface area (Å²) in [6, 6.07) is 14.7.